The van der Waals surface area contributed by atoms with Crippen LogP contribution in [-0.2, 0) is 4.74 Å². The number of carbonyl (C=O) groups excluding carboxylic acids is 1. The van der Waals surface area contributed by atoms with E-state index in [4.69, 9.17) is 4.74 Å². The highest BCUT2D eigenvalue weighted by Crippen LogP contribution is 2.26. The van der Waals surface area contributed by atoms with Crippen molar-refractivity contribution in [1.29, 1.82) is 0 Å². The van der Waals surface area contributed by atoms with Gasteiger partial charge in [-0.3, -0.25) is 19.8 Å². The van der Waals surface area contributed by atoms with Gasteiger partial charge in [0.1, 0.15) is 0 Å². The van der Waals surface area contributed by atoms with Crippen LogP contribution in [-0.4, -0.2) is 48.6 Å². The van der Waals surface area contributed by atoms with Gasteiger partial charge >= 0.3 is 0 Å². The number of ether oxygens (including phenoxy) is 1. The van der Waals surface area contributed by atoms with Crippen LogP contribution in [0.5, 0.6) is 0 Å². The standard InChI is InChI=1S/C19H20BrN3O4/c20-16-7-6-15(12-18(16)23(25)26)19(24)21-17(14-4-2-1-3-5-14)13-22-8-10-27-11-9-22/h1-7,12,17H,8-11,13H2,(H,21,24). The highest BCUT2D eigenvalue weighted by Gasteiger charge is 2.22. The molecule has 1 aliphatic rings. The van der Waals surface area contributed by atoms with Crippen LogP contribution < -0.4 is 5.32 Å². The summed E-state index contributed by atoms with van der Waals surface area (Å²) in [4.78, 5) is 25.6. The lowest BCUT2D eigenvalue weighted by Gasteiger charge is -2.31. The van der Waals surface area contributed by atoms with E-state index in [0.29, 0.717) is 24.2 Å². The normalized spacial score (nSPS) is 15.9. The molecule has 0 bridgehead atoms. The Morgan fingerprint density at radius 3 is 2.59 bits per heavy atom. The van der Waals surface area contributed by atoms with Gasteiger partial charge in [-0.1, -0.05) is 30.3 Å². The minimum Gasteiger partial charge on any atom is -0.379 e. The Hall–Kier alpha value is -2.29. The van der Waals surface area contributed by atoms with Crippen molar-refractivity contribution in [2.24, 2.45) is 0 Å². The summed E-state index contributed by atoms with van der Waals surface area (Å²) in [7, 11) is 0. The second-order valence-corrected chi connectivity index (χ2v) is 7.13. The summed E-state index contributed by atoms with van der Waals surface area (Å²) in [5.74, 6) is -0.340. The third-order valence-electron chi connectivity index (χ3n) is 4.46. The highest BCUT2D eigenvalue weighted by molar-refractivity contribution is 9.10. The Balaban J connectivity index is 1.79. The van der Waals surface area contributed by atoms with Crippen LogP contribution in [0.1, 0.15) is 22.0 Å². The van der Waals surface area contributed by atoms with Crippen LogP contribution in [0.3, 0.4) is 0 Å². The minimum absolute atomic E-state index is 0.132. The summed E-state index contributed by atoms with van der Waals surface area (Å²) in [5.41, 5.74) is 1.11. The van der Waals surface area contributed by atoms with Crippen molar-refractivity contribution in [2.45, 2.75) is 6.04 Å². The molecule has 1 atom stereocenters. The van der Waals surface area contributed by atoms with Gasteiger partial charge in [-0.05, 0) is 33.6 Å². The number of nitrogens with one attached hydrogen (secondary N) is 1. The van der Waals surface area contributed by atoms with Crippen LogP contribution >= 0.6 is 15.9 Å². The molecular formula is C19H20BrN3O4. The second-order valence-electron chi connectivity index (χ2n) is 6.27. The lowest BCUT2D eigenvalue weighted by molar-refractivity contribution is -0.385. The zero-order valence-electron chi connectivity index (χ0n) is 14.6. The number of carbonyl (C=O) groups is 1. The van der Waals surface area contributed by atoms with Gasteiger partial charge in [-0.25, -0.2) is 0 Å². The first kappa shape index (κ1) is 19.5. The molecule has 3 rings (SSSR count). The highest BCUT2D eigenvalue weighted by atomic mass is 79.9. The monoisotopic (exact) mass is 433 g/mol. The molecule has 0 spiro atoms. The number of nitrogens with zero attached hydrogens (tertiary/aromatic N) is 2. The van der Waals surface area contributed by atoms with Gasteiger partial charge < -0.3 is 10.1 Å². The molecular weight excluding hydrogens is 414 g/mol. The Labute approximate surface area is 165 Å². The molecule has 0 saturated carbocycles. The maximum Gasteiger partial charge on any atom is 0.284 e. The number of amides is 1. The van der Waals surface area contributed by atoms with Gasteiger partial charge in [0.05, 0.1) is 28.7 Å². The molecule has 2 aromatic carbocycles. The van der Waals surface area contributed by atoms with Crippen molar-refractivity contribution < 1.29 is 14.5 Å². The van der Waals surface area contributed by atoms with Crippen LogP contribution in [0, 0.1) is 10.1 Å². The van der Waals surface area contributed by atoms with E-state index in [-0.39, 0.29) is 23.2 Å². The van der Waals surface area contributed by atoms with Crippen LogP contribution in [0.4, 0.5) is 5.69 Å². The fourth-order valence-corrected chi connectivity index (χ4v) is 3.39. The second kappa shape index (κ2) is 9.07. The van der Waals surface area contributed by atoms with Crippen molar-refractivity contribution in [3.05, 3.63) is 74.2 Å². The number of rotatable bonds is 6. The third-order valence-corrected chi connectivity index (χ3v) is 5.13. The fourth-order valence-electron chi connectivity index (χ4n) is 3.00. The van der Waals surface area contributed by atoms with E-state index in [1.807, 2.05) is 30.3 Å². The van der Waals surface area contributed by atoms with Crippen molar-refractivity contribution in [1.82, 2.24) is 10.2 Å². The lowest BCUT2D eigenvalue weighted by atomic mass is 10.1. The fraction of sp³-hybridized carbons (Fsp3) is 0.316. The largest absolute Gasteiger partial charge is 0.379 e. The van der Waals surface area contributed by atoms with Gasteiger partial charge in [0.15, 0.2) is 0 Å². The van der Waals surface area contributed by atoms with Crippen molar-refractivity contribution >= 4 is 27.5 Å². The summed E-state index contributed by atoms with van der Waals surface area (Å²) in [5, 5.41) is 14.2. The first-order chi connectivity index (χ1) is 13.0. The first-order valence-electron chi connectivity index (χ1n) is 8.64. The van der Waals surface area contributed by atoms with E-state index < -0.39 is 4.92 Å². The molecule has 1 amide bonds. The molecule has 1 N–H and O–H groups in total. The Morgan fingerprint density at radius 1 is 1.22 bits per heavy atom. The number of hydrogen-bond donors (Lipinski definition) is 1. The molecule has 0 radical (unpaired) electrons. The average molecular weight is 434 g/mol. The van der Waals surface area contributed by atoms with Crippen molar-refractivity contribution in [3.8, 4) is 0 Å². The molecule has 2 aromatic rings. The molecule has 1 heterocycles. The molecule has 0 aliphatic carbocycles. The number of benzene rings is 2. The SMILES string of the molecule is O=C(NC(CN1CCOCC1)c1ccccc1)c1ccc(Br)c([N+](=O)[O-])c1. The van der Waals surface area contributed by atoms with E-state index in [0.717, 1.165) is 18.7 Å². The van der Waals surface area contributed by atoms with E-state index >= 15 is 0 Å². The molecule has 0 aromatic heterocycles. The lowest BCUT2D eigenvalue weighted by Crippen LogP contribution is -2.43. The summed E-state index contributed by atoms with van der Waals surface area (Å²) in [6.07, 6.45) is 0. The predicted molar refractivity (Wildman–Crippen MR) is 105 cm³/mol. The summed E-state index contributed by atoms with van der Waals surface area (Å²) in [6, 6.07) is 13.9. The molecule has 7 nitrogen and oxygen atoms in total. The summed E-state index contributed by atoms with van der Waals surface area (Å²) in [6.45, 7) is 3.62. The van der Waals surface area contributed by atoms with Crippen LogP contribution in [0.2, 0.25) is 0 Å². The number of hydrogen-bond acceptors (Lipinski definition) is 5. The zero-order valence-corrected chi connectivity index (χ0v) is 16.2. The molecule has 8 heteroatoms. The zero-order chi connectivity index (χ0) is 19.2. The molecule has 142 valence electrons. The molecule has 1 saturated heterocycles. The number of morpholine rings is 1. The molecule has 1 unspecified atom stereocenters. The minimum atomic E-state index is -0.511. The van der Waals surface area contributed by atoms with Crippen molar-refractivity contribution in [3.63, 3.8) is 0 Å². The topological polar surface area (TPSA) is 84.7 Å². The van der Waals surface area contributed by atoms with Gasteiger partial charge in [-0.15, -0.1) is 0 Å². The predicted octanol–water partition coefficient (Wildman–Crippen LogP) is 3.16. The van der Waals surface area contributed by atoms with Gasteiger partial charge in [-0.2, -0.15) is 0 Å². The quantitative estimate of drug-likeness (QED) is 0.558. The first-order valence-corrected chi connectivity index (χ1v) is 9.44. The van der Waals surface area contributed by atoms with Gasteiger partial charge in [0.25, 0.3) is 11.6 Å². The number of halogens is 1. The Kier molecular flexibility index (Phi) is 6.54. The Bertz CT molecular complexity index is 810. The summed E-state index contributed by atoms with van der Waals surface area (Å²) < 4.78 is 5.73. The maximum absolute atomic E-state index is 12.8. The van der Waals surface area contributed by atoms with Crippen LogP contribution in [0.15, 0.2) is 53.0 Å². The van der Waals surface area contributed by atoms with E-state index in [2.05, 4.69) is 26.1 Å². The number of nitro benzene ring substituents is 1. The van der Waals surface area contributed by atoms with Crippen molar-refractivity contribution in [2.75, 3.05) is 32.8 Å². The van der Waals surface area contributed by atoms with E-state index in [1.165, 1.54) is 12.1 Å². The van der Waals surface area contributed by atoms with E-state index in [9.17, 15) is 14.9 Å². The van der Waals surface area contributed by atoms with E-state index in [1.54, 1.807) is 6.07 Å². The molecule has 27 heavy (non-hydrogen) atoms. The summed E-state index contributed by atoms with van der Waals surface area (Å²) >= 11 is 3.14. The molecule has 1 fully saturated rings. The number of nitro groups is 1. The van der Waals surface area contributed by atoms with Gasteiger partial charge in [0.2, 0.25) is 0 Å². The maximum atomic E-state index is 12.8. The van der Waals surface area contributed by atoms with Gasteiger partial charge in [0, 0.05) is 31.3 Å². The smallest absolute Gasteiger partial charge is 0.284 e. The Morgan fingerprint density at radius 2 is 1.93 bits per heavy atom. The van der Waals surface area contributed by atoms with Crippen LogP contribution in [0.25, 0.3) is 0 Å². The molecule has 1 aliphatic heterocycles. The average Bonchev–Trinajstić information content (AvgIpc) is 2.69. The third kappa shape index (κ3) is 5.12.